The molecule has 154 valence electrons. The number of nitrogens with zero attached hydrogens (tertiary/aromatic N) is 4. The Morgan fingerprint density at radius 3 is 2.69 bits per heavy atom. The van der Waals surface area contributed by atoms with Gasteiger partial charge in [0.05, 0.1) is 7.11 Å². The zero-order chi connectivity index (χ0) is 20.6. The van der Waals surface area contributed by atoms with E-state index in [0.717, 1.165) is 23.9 Å². The van der Waals surface area contributed by atoms with Crippen molar-refractivity contribution in [2.75, 3.05) is 20.2 Å². The lowest BCUT2D eigenvalue weighted by atomic mass is 10.2. The van der Waals surface area contributed by atoms with Crippen molar-refractivity contribution in [1.82, 2.24) is 18.5 Å². The Balaban J connectivity index is 1.72. The molecule has 3 aromatic rings. The minimum atomic E-state index is -3.76. The van der Waals surface area contributed by atoms with Crippen molar-refractivity contribution in [1.29, 1.82) is 0 Å². The van der Waals surface area contributed by atoms with Crippen molar-refractivity contribution in [3.63, 3.8) is 0 Å². The van der Waals surface area contributed by atoms with E-state index < -0.39 is 21.7 Å². The summed E-state index contributed by atoms with van der Waals surface area (Å²) in [4.78, 5) is 24.2. The van der Waals surface area contributed by atoms with Crippen LogP contribution >= 0.6 is 0 Å². The van der Waals surface area contributed by atoms with Gasteiger partial charge in [0.15, 0.2) is 5.65 Å². The molecule has 1 aliphatic heterocycles. The number of pyridine rings is 1. The average Bonchev–Trinajstić information content (AvgIpc) is 3.33. The Bertz CT molecular complexity index is 1220. The minimum absolute atomic E-state index is 0.00700. The minimum Gasteiger partial charge on any atom is -0.463 e. The Morgan fingerprint density at radius 1 is 1.21 bits per heavy atom. The summed E-state index contributed by atoms with van der Waals surface area (Å²) in [6.45, 7) is 0.856. The molecule has 0 spiro atoms. The molecule has 1 fully saturated rings. The number of ether oxygens (including phenoxy) is 1. The van der Waals surface area contributed by atoms with Crippen molar-refractivity contribution in [2.45, 2.75) is 30.7 Å². The van der Waals surface area contributed by atoms with Crippen LogP contribution in [0.3, 0.4) is 0 Å². The molecular weight excluding hydrogens is 400 g/mol. The fraction of sp³-hybridized carbons (Fsp3) is 0.389. The number of fused-ring (bicyclic) bond motifs is 1. The fourth-order valence-electron chi connectivity index (χ4n) is 3.38. The molecule has 0 N–H and O–H groups in total. The highest BCUT2D eigenvalue weighted by atomic mass is 32.2. The first-order chi connectivity index (χ1) is 13.9. The van der Waals surface area contributed by atoms with Gasteiger partial charge in [0, 0.05) is 19.3 Å². The van der Waals surface area contributed by atoms with Gasteiger partial charge in [0.2, 0.25) is 15.8 Å². The number of carbonyl (C=O) groups excluding carboxylic acids is 1. The Morgan fingerprint density at radius 2 is 1.97 bits per heavy atom. The largest absolute Gasteiger partial charge is 0.463 e. The van der Waals surface area contributed by atoms with Gasteiger partial charge >= 0.3 is 11.7 Å². The van der Waals surface area contributed by atoms with E-state index in [-0.39, 0.29) is 22.8 Å². The highest BCUT2D eigenvalue weighted by Gasteiger charge is 2.29. The molecule has 0 amide bonds. The maximum absolute atomic E-state index is 13.1. The highest BCUT2D eigenvalue weighted by Crippen LogP contribution is 2.23. The molecule has 0 atom stereocenters. The second kappa shape index (κ2) is 7.48. The van der Waals surface area contributed by atoms with Crippen LogP contribution in [0.5, 0.6) is 0 Å². The maximum Gasteiger partial charge on any atom is 0.373 e. The number of methoxy groups -OCH3 is 1. The molecule has 0 bridgehead atoms. The molecule has 4 rings (SSSR count). The topological polar surface area (TPSA) is 116 Å². The van der Waals surface area contributed by atoms with Crippen molar-refractivity contribution in [3.05, 3.63) is 52.5 Å². The molecule has 11 heteroatoms. The lowest BCUT2D eigenvalue weighted by Gasteiger charge is -2.25. The van der Waals surface area contributed by atoms with Gasteiger partial charge in [-0.3, -0.25) is 0 Å². The maximum atomic E-state index is 13.1. The van der Waals surface area contributed by atoms with Crippen LogP contribution in [0, 0.1) is 0 Å². The number of rotatable bonds is 5. The van der Waals surface area contributed by atoms with Gasteiger partial charge in [-0.25, -0.2) is 27.1 Å². The quantitative estimate of drug-likeness (QED) is 0.568. The van der Waals surface area contributed by atoms with Gasteiger partial charge in [0.1, 0.15) is 17.2 Å². The van der Waals surface area contributed by atoms with Crippen molar-refractivity contribution < 1.29 is 22.4 Å². The van der Waals surface area contributed by atoms with Crippen LogP contribution in [0.15, 0.2) is 44.6 Å². The van der Waals surface area contributed by atoms with Gasteiger partial charge in [-0.15, -0.1) is 5.10 Å². The highest BCUT2D eigenvalue weighted by molar-refractivity contribution is 7.89. The molecule has 0 unspecified atom stereocenters. The summed E-state index contributed by atoms with van der Waals surface area (Å²) in [7, 11) is -2.52. The monoisotopic (exact) mass is 420 g/mol. The standard InChI is InChI=1S/C18H20N4O6S/c1-27-17(23)14-8-7-13(28-14)12-22-18(24)21-11-5-6-15(16(21)19-22)29(25,26)20-9-3-2-4-10-20/h5-8,11H,2-4,9-10,12H2,1H3. The van der Waals surface area contributed by atoms with Gasteiger partial charge in [-0.1, -0.05) is 6.42 Å². The number of esters is 1. The van der Waals surface area contributed by atoms with Crippen LogP contribution in [-0.4, -0.2) is 53.1 Å². The van der Waals surface area contributed by atoms with E-state index in [9.17, 15) is 18.0 Å². The number of furan rings is 1. The summed E-state index contributed by atoms with van der Waals surface area (Å²) in [5.74, 6) is -0.308. The van der Waals surface area contributed by atoms with Gasteiger partial charge in [0.25, 0.3) is 0 Å². The smallest absolute Gasteiger partial charge is 0.373 e. The molecule has 4 heterocycles. The molecular formula is C18H20N4O6S. The summed E-state index contributed by atoms with van der Waals surface area (Å²) >= 11 is 0. The van der Waals surface area contributed by atoms with Gasteiger partial charge in [-0.2, -0.15) is 4.31 Å². The number of sulfonamides is 1. The SMILES string of the molecule is COC(=O)c1ccc(Cn2nc3c(S(=O)(=O)N4CCCCC4)cccn3c2=O)o1. The molecule has 3 aromatic heterocycles. The average molecular weight is 420 g/mol. The summed E-state index contributed by atoms with van der Waals surface area (Å²) in [5, 5.41) is 4.23. The third-order valence-electron chi connectivity index (χ3n) is 4.86. The van der Waals surface area contributed by atoms with Gasteiger partial charge < -0.3 is 9.15 Å². The second-order valence-electron chi connectivity index (χ2n) is 6.73. The summed E-state index contributed by atoms with van der Waals surface area (Å²) < 4.78 is 39.9. The molecule has 1 saturated heterocycles. The van der Waals surface area contributed by atoms with Crippen LogP contribution < -0.4 is 5.69 Å². The molecule has 10 nitrogen and oxygen atoms in total. The zero-order valence-corrected chi connectivity index (χ0v) is 16.6. The predicted octanol–water partition coefficient (Wildman–Crippen LogP) is 1.10. The fourth-order valence-corrected chi connectivity index (χ4v) is 5.02. The molecule has 0 aliphatic carbocycles. The first kappa shape index (κ1) is 19.4. The zero-order valence-electron chi connectivity index (χ0n) is 15.8. The third-order valence-corrected chi connectivity index (χ3v) is 6.78. The van der Waals surface area contributed by atoms with E-state index >= 15 is 0 Å². The van der Waals surface area contributed by atoms with Gasteiger partial charge in [-0.05, 0) is 37.1 Å². The van der Waals surface area contributed by atoms with E-state index in [4.69, 9.17) is 4.42 Å². The lowest BCUT2D eigenvalue weighted by molar-refractivity contribution is 0.0562. The van der Waals surface area contributed by atoms with E-state index in [1.54, 1.807) is 0 Å². The first-order valence-corrected chi connectivity index (χ1v) is 10.6. The third kappa shape index (κ3) is 3.47. The van der Waals surface area contributed by atoms with Crippen LogP contribution in [0.2, 0.25) is 0 Å². The number of hydrogen-bond donors (Lipinski definition) is 0. The van der Waals surface area contributed by atoms with Crippen molar-refractivity contribution in [2.24, 2.45) is 0 Å². The molecule has 29 heavy (non-hydrogen) atoms. The lowest BCUT2D eigenvalue weighted by Crippen LogP contribution is -2.35. The Labute approximate surface area is 166 Å². The van der Waals surface area contributed by atoms with Crippen LogP contribution in [0.1, 0.15) is 35.6 Å². The number of hydrogen-bond acceptors (Lipinski definition) is 7. The van der Waals surface area contributed by atoms with E-state index in [1.165, 1.54) is 46.3 Å². The Kier molecular flexibility index (Phi) is 5.01. The Hall–Kier alpha value is -2.92. The predicted molar refractivity (Wildman–Crippen MR) is 101 cm³/mol. The van der Waals surface area contributed by atoms with Crippen molar-refractivity contribution in [3.8, 4) is 0 Å². The normalized spacial score (nSPS) is 15.6. The van der Waals surface area contributed by atoms with Crippen LogP contribution in [-0.2, 0) is 21.3 Å². The number of piperidine rings is 1. The number of carbonyl (C=O) groups is 1. The number of aromatic nitrogens is 3. The summed E-state index contributed by atoms with van der Waals surface area (Å²) in [6.07, 6.45) is 4.09. The van der Waals surface area contributed by atoms with E-state index in [0.29, 0.717) is 18.8 Å². The van der Waals surface area contributed by atoms with E-state index in [2.05, 4.69) is 9.84 Å². The van der Waals surface area contributed by atoms with Crippen LogP contribution in [0.4, 0.5) is 0 Å². The van der Waals surface area contributed by atoms with Crippen LogP contribution in [0.25, 0.3) is 5.65 Å². The van der Waals surface area contributed by atoms with E-state index in [1.807, 2.05) is 0 Å². The van der Waals surface area contributed by atoms with Crippen molar-refractivity contribution >= 4 is 21.6 Å². The first-order valence-electron chi connectivity index (χ1n) is 9.17. The summed E-state index contributed by atoms with van der Waals surface area (Å²) in [6, 6.07) is 5.94. The second-order valence-corrected chi connectivity index (χ2v) is 8.63. The molecule has 0 saturated carbocycles. The molecule has 0 aromatic carbocycles. The molecule has 0 radical (unpaired) electrons. The molecule has 1 aliphatic rings. The summed E-state index contributed by atoms with van der Waals surface area (Å²) in [5.41, 5.74) is -0.450.